The smallest absolute Gasteiger partial charge is 0.481 e. The summed E-state index contributed by atoms with van der Waals surface area (Å²) in [5.41, 5.74) is 3.60. The number of nitrogens with two attached hydrogens (primary N) is 1. The van der Waals surface area contributed by atoms with E-state index >= 15 is 0 Å². The Morgan fingerprint density at radius 1 is 0.942 bits per heavy atom. The molecule has 36 heteroatoms. The molecule has 0 saturated carbocycles. The number of anilines is 1. The first-order valence-corrected chi connectivity index (χ1v) is 26.9. The van der Waals surface area contributed by atoms with Gasteiger partial charge in [-0.15, -0.1) is 0 Å². The van der Waals surface area contributed by atoms with Crippen molar-refractivity contribution in [3.8, 4) is 5.75 Å². The van der Waals surface area contributed by atoms with Crippen LogP contribution in [0.3, 0.4) is 0 Å². The average molecular weight is 1080 g/mol. The summed E-state index contributed by atoms with van der Waals surface area (Å²) in [7, 11) is -21.4. The number of imidazole rings is 1. The number of nitrogens with zero attached hydrogens (tertiary/aromatic N) is 5. The maximum atomic E-state index is 13.0. The van der Waals surface area contributed by atoms with Gasteiger partial charge in [-0.05, 0) is 20.8 Å². The lowest BCUT2D eigenvalue weighted by molar-refractivity contribution is -0.137. The SMILES string of the molecule is Cc1ncc(COP(=O)(O)O)c(CNC(C)(C)C(=O)SCCNC(=O)CCNC(=O)C(O)C(C)(C)COP(=O)(O)OP(=O)(O)OCC2OC(n3cnc4c(N)ncnc43)C(O)C2OP(=O)(O)O)c1O. The summed E-state index contributed by atoms with van der Waals surface area (Å²) < 4.78 is 78.1. The third-order valence-electron chi connectivity index (χ3n) is 9.77. The summed E-state index contributed by atoms with van der Waals surface area (Å²) in [5.74, 6) is -1.78. The summed E-state index contributed by atoms with van der Waals surface area (Å²) in [6.45, 7) is 4.03. The van der Waals surface area contributed by atoms with Gasteiger partial charge in [0, 0.05) is 54.5 Å². The van der Waals surface area contributed by atoms with Gasteiger partial charge < -0.3 is 71.1 Å². The number of phosphoric acid groups is 4. The maximum absolute atomic E-state index is 13.0. The van der Waals surface area contributed by atoms with Crippen LogP contribution in [0.5, 0.6) is 5.75 Å². The maximum Gasteiger partial charge on any atom is 0.481 e. The number of aryl methyl sites for hydroxylation is 1. The van der Waals surface area contributed by atoms with Crippen molar-refractivity contribution in [3.05, 3.63) is 35.7 Å². The Hall–Kier alpha value is -3.42. The minimum atomic E-state index is -5.62. The van der Waals surface area contributed by atoms with Gasteiger partial charge >= 0.3 is 31.3 Å². The Morgan fingerprint density at radius 2 is 1.61 bits per heavy atom. The van der Waals surface area contributed by atoms with Crippen LogP contribution in [-0.4, -0.2) is 148 Å². The predicted molar refractivity (Wildman–Crippen MR) is 235 cm³/mol. The minimum absolute atomic E-state index is 0.00954. The standard InChI is InChI=1S/C33H53N9O22P4S/c1-17-23(44)19(18(10-37-17)12-59-65(49,50)51)11-41-33(4,5)31(48)69-9-8-35-21(43)6-7-36-29(47)26(46)32(2,3)14-61-68(57,58)64-67(55,56)60-13-20-25(63-66(52,53)54)24(45)30(62-20)42-16-40-22-27(34)38-15-39-28(22)42/h10,15-16,20,24-26,30,41,44-46H,6-9,11-14H2,1-5H3,(H,35,43)(H,36,47)(H,55,56)(H,57,58)(H2,34,38,39)(H2,49,50,51)(H2,52,53,54). The average Bonchev–Trinajstić information content (AvgIpc) is 3.80. The van der Waals surface area contributed by atoms with Crippen molar-refractivity contribution in [1.82, 2.24) is 40.5 Å². The first-order chi connectivity index (χ1) is 31.7. The Bertz CT molecular complexity index is 2530. The zero-order valence-corrected chi connectivity index (χ0v) is 41.5. The van der Waals surface area contributed by atoms with Crippen LogP contribution in [0.2, 0.25) is 0 Å². The highest BCUT2D eigenvalue weighted by atomic mass is 32.2. The number of aromatic nitrogens is 5. The van der Waals surface area contributed by atoms with Crippen LogP contribution < -0.4 is 21.7 Å². The Balaban J connectivity index is 1.19. The van der Waals surface area contributed by atoms with E-state index in [0.29, 0.717) is 0 Å². The number of thioether (sulfide) groups is 1. The first-order valence-electron chi connectivity index (χ1n) is 19.9. The fourth-order valence-corrected chi connectivity index (χ4v) is 9.95. The van der Waals surface area contributed by atoms with Crippen molar-refractivity contribution >= 4 is 77.0 Å². The second-order valence-electron chi connectivity index (χ2n) is 16.1. The molecule has 3 aromatic rings. The highest BCUT2D eigenvalue weighted by Crippen LogP contribution is 2.61. The molecular formula is C33H53N9O22P4S. The molecule has 14 N–H and O–H groups in total. The number of hydrogen-bond donors (Lipinski definition) is 13. The number of aliphatic hydroxyl groups is 2. The molecular weight excluding hydrogens is 1030 g/mol. The third kappa shape index (κ3) is 17.1. The van der Waals surface area contributed by atoms with Gasteiger partial charge in [0.25, 0.3) is 0 Å². The first kappa shape index (κ1) is 58.2. The van der Waals surface area contributed by atoms with Crippen molar-refractivity contribution in [3.63, 3.8) is 0 Å². The number of hydrogen-bond acceptors (Lipinski definition) is 23. The van der Waals surface area contributed by atoms with Gasteiger partial charge in [-0.1, -0.05) is 25.6 Å². The van der Waals surface area contributed by atoms with Crippen LogP contribution in [0.1, 0.15) is 57.2 Å². The summed E-state index contributed by atoms with van der Waals surface area (Å²) in [6.07, 6.45) is -5.97. The van der Waals surface area contributed by atoms with E-state index in [-0.39, 0.29) is 76.5 Å². The Morgan fingerprint density at radius 3 is 2.26 bits per heavy atom. The second kappa shape index (κ2) is 23.4. The highest BCUT2D eigenvalue weighted by Gasteiger charge is 2.50. The highest BCUT2D eigenvalue weighted by molar-refractivity contribution is 8.13. The number of aromatic hydroxyl groups is 1. The molecule has 0 radical (unpaired) electrons. The van der Waals surface area contributed by atoms with E-state index in [2.05, 4.69) is 49.2 Å². The van der Waals surface area contributed by atoms with Gasteiger partial charge in [0.1, 0.15) is 42.0 Å². The molecule has 0 spiro atoms. The topological polar surface area (TPSA) is 476 Å². The molecule has 0 aliphatic carbocycles. The van der Waals surface area contributed by atoms with E-state index in [0.717, 1.165) is 29.0 Å². The van der Waals surface area contributed by atoms with Crippen molar-refractivity contribution in [2.45, 2.75) is 90.4 Å². The molecule has 0 aromatic carbocycles. The molecule has 4 rings (SSSR count). The number of nitrogens with one attached hydrogen (secondary N) is 3. The van der Waals surface area contributed by atoms with Crippen molar-refractivity contribution in [2.75, 3.05) is 37.8 Å². The molecule has 1 saturated heterocycles. The van der Waals surface area contributed by atoms with E-state index < -0.39 is 105 Å². The molecule has 2 amide bonds. The van der Waals surface area contributed by atoms with Crippen LogP contribution in [-0.2, 0) is 72.9 Å². The van der Waals surface area contributed by atoms with Gasteiger partial charge in [-0.3, -0.25) is 42.0 Å². The molecule has 1 aliphatic rings. The minimum Gasteiger partial charge on any atom is -0.506 e. The van der Waals surface area contributed by atoms with E-state index in [1.807, 2.05) is 0 Å². The van der Waals surface area contributed by atoms with Gasteiger partial charge in [-0.25, -0.2) is 33.2 Å². The Kier molecular flexibility index (Phi) is 19.7. The van der Waals surface area contributed by atoms with E-state index in [4.69, 9.17) is 29.3 Å². The quantitative estimate of drug-likeness (QED) is 0.0347. The van der Waals surface area contributed by atoms with Crippen molar-refractivity contribution in [2.24, 2.45) is 5.41 Å². The molecule has 0 bridgehead atoms. The number of amides is 2. The normalized spacial score (nSPS) is 20.3. The molecule has 31 nitrogen and oxygen atoms in total. The number of rotatable bonds is 26. The van der Waals surface area contributed by atoms with Crippen LogP contribution in [0.15, 0.2) is 18.9 Å². The monoisotopic (exact) mass is 1080 g/mol. The molecule has 388 valence electrons. The number of phosphoric ester groups is 4. The summed E-state index contributed by atoms with van der Waals surface area (Å²) in [5, 5.41) is 39.6. The van der Waals surface area contributed by atoms with E-state index in [1.54, 1.807) is 13.8 Å². The number of nitrogen functional groups attached to an aromatic ring is 1. The number of ether oxygens (including phenoxy) is 1. The van der Waals surface area contributed by atoms with Crippen LogP contribution in [0, 0.1) is 12.3 Å². The molecule has 3 aromatic heterocycles. The van der Waals surface area contributed by atoms with Gasteiger partial charge in [-0.2, -0.15) is 4.31 Å². The fourth-order valence-electron chi connectivity index (χ4n) is 6.00. The van der Waals surface area contributed by atoms with Crippen LogP contribution in [0.25, 0.3) is 11.2 Å². The molecule has 4 heterocycles. The van der Waals surface area contributed by atoms with Crippen molar-refractivity contribution in [1.29, 1.82) is 0 Å². The van der Waals surface area contributed by atoms with E-state index in [1.165, 1.54) is 27.0 Å². The van der Waals surface area contributed by atoms with Crippen molar-refractivity contribution < 1.29 is 104 Å². The molecule has 1 fully saturated rings. The summed E-state index contributed by atoms with van der Waals surface area (Å²) in [6, 6.07) is 0. The predicted octanol–water partition coefficient (Wildman–Crippen LogP) is -0.749. The number of fused-ring (bicyclic) bond motifs is 1. The fraction of sp³-hybridized carbons (Fsp3) is 0.606. The molecule has 7 atom stereocenters. The van der Waals surface area contributed by atoms with Gasteiger partial charge in [0.2, 0.25) is 16.9 Å². The second-order valence-corrected chi connectivity index (χ2v) is 22.7. The zero-order valence-electron chi connectivity index (χ0n) is 37.1. The number of aliphatic hydroxyl groups excluding tert-OH is 2. The summed E-state index contributed by atoms with van der Waals surface area (Å²) >= 11 is 0.872. The van der Waals surface area contributed by atoms with Crippen LogP contribution >= 0.6 is 43.1 Å². The zero-order chi connectivity index (χ0) is 51.9. The third-order valence-corrected chi connectivity index (χ3v) is 14.5. The van der Waals surface area contributed by atoms with E-state index in [9.17, 15) is 67.5 Å². The van der Waals surface area contributed by atoms with Gasteiger partial charge in [0.15, 0.2) is 17.7 Å². The lowest BCUT2D eigenvalue weighted by Gasteiger charge is -2.30. The lowest BCUT2D eigenvalue weighted by Crippen LogP contribution is -2.46. The molecule has 69 heavy (non-hydrogen) atoms. The largest absolute Gasteiger partial charge is 0.506 e. The lowest BCUT2D eigenvalue weighted by atomic mass is 9.87. The summed E-state index contributed by atoms with van der Waals surface area (Å²) in [4.78, 5) is 111. The van der Waals surface area contributed by atoms with Crippen LogP contribution in [0.4, 0.5) is 5.82 Å². The number of pyridine rings is 1. The Labute approximate surface area is 395 Å². The number of carbonyl (C=O) groups is 3. The molecule has 1 aliphatic heterocycles. The number of carbonyl (C=O) groups excluding carboxylic acids is 3. The molecule has 7 unspecified atom stereocenters. The van der Waals surface area contributed by atoms with Gasteiger partial charge in [0.05, 0.1) is 37.4 Å².